The molecule has 2 N–H and O–H groups in total. The van der Waals surface area contributed by atoms with Crippen LogP contribution in [0.25, 0.3) is 0 Å². The molecule has 0 aromatic heterocycles. The van der Waals surface area contributed by atoms with Crippen molar-refractivity contribution >= 4 is 0 Å². The molecule has 1 aromatic rings. The highest BCUT2D eigenvalue weighted by molar-refractivity contribution is 5.37. The largest absolute Gasteiger partial charge is 0.382 e. The zero-order valence-electron chi connectivity index (χ0n) is 11.7. The van der Waals surface area contributed by atoms with Crippen molar-refractivity contribution in [2.45, 2.75) is 6.61 Å². The second-order valence-corrected chi connectivity index (χ2v) is 4.01. The smallest absolute Gasteiger partial charge is 0.124 e. The van der Waals surface area contributed by atoms with Gasteiger partial charge in [0, 0.05) is 12.7 Å². The van der Waals surface area contributed by atoms with E-state index in [1.54, 1.807) is 13.2 Å². The molecule has 1 rings (SSSR count). The minimum absolute atomic E-state index is 0.251. The average Bonchev–Trinajstić information content (AvgIpc) is 2.43. The van der Waals surface area contributed by atoms with Crippen molar-refractivity contribution in [1.29, 1.82) is 0 Å². The van der Waals surface area contributed by atoms with Crippen molar-refractivity contribution in [3.05, 3.63) is 35.1 Å². The number of halogens is 1. The second-order valence-electron chi connectivity index (χ2n) is 4.01. The van der Waals surface area contributed by atoms with E-state index < -0.39 is 0 Å². The van der Waals surface area contributed by atoms with Crippen molar-refractivity contribution in [1.82, 2.24) is 0 Å². The number of benzene rings is 1. The van der Waals surface area contributed by atoms with E-state index in [-0.39, 0.29) is 12.4 Å². The van der Waals surface area contributed by atoms with E-state index in [1.165, 1.54) is 12.1 Å². The Hall–Kier alpha value is -1.45. The van der Waals surface area contributed by atoms with E-state index in [0.717, 1.165) is 5.56 Å². The third-order valence-corrected chi connectivity index (χ3v) is 2.36. The van der Waals surface area contributed by atoms with Gasteiger partial charge in [-0.25, -0.2) is 4.39 Å². The normalized spacial score (nSPS) is 10.2. The summed E-state index contributed by atoms with van der Waals surface area (Å²) in [5.41, 5.74) is 6.63. The summed E-state index contributed by atoms with van der Waals surface area (Å²) in [4.78, 5) is 0. The molecule has 20 heavy (non-hydrogen) atoms. The van der Waals surface area contributed by atoms with Crippen LogP contribution in [0.4, 0.5) is 4.39 Å². The maximum Gasteiger partial charge on any atom is 0.124 e. The fourth-order valence-electron chi connectivity index (χ4n) is 1.51. The van der Waals surface area contributed by atoms with Crippen LogP contribution in [-0.2, 0) is 20.8 Å². The maximum atomic E-state index is 13.4. The fraction of sp³-hybridized carbons (Fsp3) is 0.467. The number of nitrogens with two attached hydrogens (primary N) is 1. The Morgan fingerprint density at radius 1 is 1.10 bits per heavy atom. The average molecular weight is 281 g/mol. The Bertz CT molecular complexity index is 454. The van der Waals surface area contributed by atoms with Gasteiger partial charge < -0.3 is 19.9 Å². The van der Waals surface area contributed by atoms with E-state index in [0.29, 0.717) is 38.6 Å². The zero-order valence-corrected chi connectivity index (χ0v) is 11.7. The third kappa shape index (κ3) is 7.22. The quantitative estimate of drug-likeness (QED) is 0.577. The predicted molar refractivity (Wildman–Crippen MR) is 74.7 cm³/mol. The van der Waals surface area contributed by atoms with E-state index in [2.05, 4.69) is 11.8 Å². The first-order valence-corrected chi connectivity index (χ1v) is 6.39. The first-order valence-electron chi connectivity index (χ1n) is 6.39. The summed E-state index contributed by atoms with van der Waals surface area (Å²) in [7, 11) is 1.62. The van der Waals surface area contributed by atoms with Crippen LogP contribution < -0.4 is 5.73 Å². The molecule has 0 saturated heterocycles. The number of methoxy groups -OCH3 is 1. The molecule has 0 aliphatic carbocycles. The van der Waals surface area contributed by atoms with Gasteiger partial charge in [0.1, 0.15) is 5.82 Å². The summed E-state index contributed by atoms with van der Waals surface area (Å²) < 4.78 is 28.9. The molecule has 1 aromatic carbocycles. The lowest BCUT2D eigenvalue weighted by atomic mass is 10.1. The molecule has 0 saturated carbocycles. The number of ether oxygens (including phenoxy) is 3. The van der Waals surface area contributed by atoms with Gasteiger partial charge in [0.2, 0.25) is 0 Å². The fourth-order valence-corrected chi connectivity index (χ4v) is 1.51. The number of rotatable bonds is 8. The van der Waals surface area contributed by atoms with Crippen molar-refractivity contribution in [2.24, 2.45) is 5.73 Å². The van der Waals surface area contributed by atoms with Gasteiger partial charge in [-0.15, -0.1) is 0 Å². The second kappa shape index (κ2) is 10.4. The first kappa shape index (κ1) is 16.6. The van der Waals surface area contributed by atoms with Crippen molar-refractivity contribution < 1.29 is 18.6 Å². The molecular weight excluding hydrogens is 261 g/mol. The topological polar surface area (TPSA) is 53.7 Å². The number of hydrogen-bond acceptors (Lipinski definition) is 4. The Morgan fingerprint density at radius 3 is 2.60 bits per heavy atom. The lowest BCUT2D eigenvalue weighted by Gasteiger charge is -2.06. The summed E-state index contributed by atoms with van der Waals surface area (Å²) in [6.07, 6.45) is 0. The highest BCUT2D eigenvalue weighted by Crippen LogP contribution is 2.09. The van der Waals surface area contributed by atoms with Crippen LogP contribution in [0.3, 0.4) is 0 Å². The molecule has 0 unspecified atom stereocenters. The van der Waals surface area contributed by atoms with Crippen LogP contribution in [0.15, 0.2) is 18.2 Å². The zero-order chi connectivity index (χ0) is 14.6. The number of hydrogen-bond donors (Lipinski definition) is 1. The summed E-state index contributed by atoms with van der Waals surface area (Å²) >= 11 is 0. The van der Waals surface area contributed by atoms with Crippen LogP contribution in [0.5, 0.6) is 0 Å². The van der Waals surface area contributed by atoms with Crippen LogP contribution in [0, 0.1) is 17.7 Å². The van der Waals surface area contributed by atoms with Crippen molar-refractivity contribution in [3.8, 4) is 11.8 Å². The Balaban J connectivity index is 2.34. The van der Waals surface area contributed by atoms with Gasteiger partial charge in [-0.1, -0.05) is 11.8 Å². The highest BCUT2D eigenvalue weighted by Gasteiger charge is 2.00. The maximum absolute atomic E-state index is 13.4. The molecule has 0 heterocycles. The van der Waals surface area contributed by atoms with Gasteiger partial charge in [0.15, 0.2) is 0 Å². The molecule has 4 nitrogen and oxygen atoms in total. The molecule has 0 aliphatic rings. The van der Waals surface area contributed by atoms with Gasteiger partial charge in [-0.05, 0) is 23.8 Å². The molecule has 0 aliphatic heterocycles. The van der Waals surface area contributed by atoms with E-state index in [4.69, 9.17) is 19.9 Å². The molecular formula is C15H20FNO3. The summed E-state index contributed by atoms with van der Waals surface area (Å²) in [5, 5.41) is 0. The summed E-state index contributed by atoms with van der Waals surface area (Å²) in [5.74, 6) is 5.16. The molecule has 0 atom stereocenters. The third-order valence-electron chi connectivity index (χ3n) is 2.36. The lowest BCUT2D eigenvalue weighted by molar-refractivity contribution is 0.0199. The standard InChI is InChI=1S/C15H20FNO3/c1-18-5-6-19-7-8-20-12-14-9-13(3-2-4-17)10-15(16)11-14/h9-11H,4-8,12,17H2,1H3. The molecule has 0 spiro atoms. The molecule has 0 amide bonds. The molecule has 0 radical (unpaired) electrons. The van der Waals surface area contributed by atoms with Crippen LogP contribution in [-0.4, -0.2) is 40.1 Å². The monoisotopic (exact) mass is 281 g/mol. The van der Waals surface area contributed by atoms with Gasteiger partial charge in [0.25, 0.3) is 0 Å². The van der Waals surface area contributed by atoms with E-state index >= 15 is 0 Å². The minimum atomic E-state index is -0.330. The van der Waals surface area contributed by atoms with Gasteiger partial charge >= 0.3 is 0 Å². The lowest BCUT2D eigenvalue weighted by Crippen LogP contribution is -2.08. The van der Waals surface area contributed by atoms with Gasteiger partial charge in [0.05, 0.1) is 39.6 Å². The van der Waals surface area contributed by atoms with Crippen LogP contribution in [0.1, 0.15) is 11.1 Å². The Labute approximate surface area is 119 Å². The highest BCUT2D eigenvalue weighted by atomic mass is 19.1. The van der Waals surface area contributed by atoms with E-state index in [9.17, 15) is 4.39 Å². The molecule has 5 heteroatoms. The SMILES string of the molecule is COCCOCCOCc1cc(F)cc(C#CCN)c1. The molecule has 110 valence electrons. The predicted octanol–water partition coefficient (Wildman–Crippen LogP) is 1.32. The van der Waals surface area contributed by atoms with Crippen LogP contribution in [0.2, 0.25) is 0 Å². The van der Waals surface area contributed by atoms with Gasteiger partial charge in [-0.2, -0.15) is 0 Å². The van der Waals surface area contributed by atoms with Crippen molar-refractivity contribution in [2.75, 3.05) is 40.1 Å². The first-order chi connectivity index (χ1) is 9.76. The Morgan fingerprint density at radius 2 is 1.85 bits per heavy atom. The summed E-state index contributed by atoms with van der Waals surface area (Å²) in [6.45, 7) is 2.61. The van der Waals surface area contributed by atoms with Crippen LogP contribution >= 0.6 is 0 Å². The minimum Gasteiger partial charge on any atom is -0.382 e. The van der Waals surface area contributed by atoms with Crippen molar-refractivity contribution in [3.63, 3.8) is 0 Å². The molecule has 0 fully saturated rings. The van der Waals surface area contributed by atoms with Gasteiger partial charge in [-0.3, -0.25) is 0 Å². The Kier molecular flexibility index (Phi) is 8.59. The van der Waals surface area contributed by atoms with E-state index in [1.807, 2.05) is 0 Å². The molecule has 0 bridgehead atoms. The summed E-state index contributed by atoms with van der Waals surface area (Å²) in [6, 6.07) is 4.59.